The molecule has 0 unspecified atom stereocenters. The van der Waals surface area contributed by atoms with Crippen LogP contribution < -0.4 is 16.1 Å². The first-order valence-corrected chi connectivity index (χ1v) is 9.11. The molecule has 2 amide bonds. The molecule has 7 heteroatoms. The summed E-state index contributed by atoms with van der Waals surface area (Å²) in [7, 11) is 3.64. The van der Waals surface area contributed by atoms with Crippen LogP contribution in [0.3, 0.4) is 0 Å². The van der Waals surface area contributed by atoms with E-state index >= 15 is 0 Å². The Morgan fingerprint density at radius 3 is 2.48 bits per heavy atom. The van der Waals surface area contributed by atoms with E-state index in [4.69, 9.17) is 0 Å². The first-order chi connectivity index (χ1) is 13.0. The van der Waals surface area contributed by atoms with E-state index in [9.17, 15) is 9.59 Å². The molecule has 27 heavy (non-hydrogen) atoms. The summed E-state index contributed by atoms with van der Waals surface area (Å²) in [5, 5.41) is 11.1. The lowest BCUT2D eigenvalue weighted by atomic mass is 9.96. The van der Waals surface area contributed by atoms with Gasteiger partial charge in [-0.1, -0.05) is 17.6 Å². The summed E-state index contributed by atoms with van der Waals surface area (Å²) in [6, 6.07) is 11.8. The molecule has 2 N–H and O–H groups in total. The van der Waals surface area contributed by atoms with Crippen LogP contribution in [0.4, 0.5) is 5.69 Å². The molecule has 0 radical (unpaired) electrons. The Kier molecular flexibility index (Phi) is 4.22. The molecule has 0 aliphatic heterocycles. The van der Waals surface area contributed by atoms with Crippen LogP contribution in [0.1, 0.15) is 41.7 Å². The number of nitrogens with zero attached hydrogens (tertiary/aromatic N) is 2. The Morgan fingerprint density at radius 2 is 1.89 bits per heavy atom. The Morgan fingerprint density at radius 1 is 1.19 bits per heavy atom. The molecular weight excluding hydrogens is 339 g/mol. The number of rotatable bonds is 4. The van der Waals surface area contributed by atoms with Crippen molar-refractivity contribution in [3.8, 4) is 5.69 Å². The summed E-state index contributed by atoms with van der Waals surface area (Å²) in [5.74, 6) is 0.129. The molecule has 0 bridgehead atoms. The van der Waals surface area contributed by atoms with Crippen molar-refractivity contribution >= 4 is 41.7 Å². The van der Waals surface area contributed by atoms with Crippen LogP contribution in [0.2, 0.25) is 0 Å². The Hall–Kier alpha value is -3.09. The minimum atomic E-state index is -0.188. The average Bonchev–Trinajstić information content (AvgIpc) is 3.41. The highest BCUT2D eigenvalue weighted by Crippen LogP contribution is 2.45. The second-order valence-corrected chi connectivity index (χ2v) is 7.09. The third-order valence-electron chi connectivity index (χ3n) is 4.89. The standard InChI is InChI=1S/C20H21BN4O2/c1-11(26)23-17-10-18-16(9-15(17)12-3-4-12)19(20(27)22-2)25(24-18)14-7-5-13(21)6-8-14/h5-10,12H,3-4,21H2,1-2H3,(H,22,27)(H,23,26). The largest absolute Gasteiger partial charge is 0.354 e. The predicted octanol–water partition coefficient (Wildman–Crippen LogP) is 1.48. The number of nitrogens with one attached hydrogen (secondary N) is 2. The zero-order chi connectivity index (χ0) is 19.1. The van der Waals surface area contributed by atoms with E-state index in [-0.39, 0.29) is 11.8 Å². The molecule has 0 spiro atoms. The highest BCUT2D eigenvalue weighted by atomic mass is 16.2. The first-order valence-electron chi connectivity index (χ1n) is 9.11. The summed E-state index contributed by atoms with van der Waals surface area (Å²) in [6.07, 6.45) is 2.19. The van der Waals surface area contributed by atoms with Crippen LogP contribution in [-0.2, 0) is 4.79 Å². The lowest BCUT2D eigenvalue weighted by molar-refractivity contribution is -0.114. The van der Waals surface area contributed by atoms with Crippen molar-refractivity contribution < 1.29 is 9.59 Å². The highest BCUT2D eigenvalue weighted by molar-refractivity contribution is 6.32. The quantitative estimate of drug-likeness (QED) is 0.692. The minimum Gasteiger partial charge on any atom is -0.354 e. The van der Waals surface area contributed by atoms with Crippen LogP contribution in [-0.4, -0.2) is 36.5 Å². The highest BCUT2D eigenvalue weighted by Gasteiger charge is 2.29. The lowest BCUT2D eigenvalue weighted by Crippen LogP contribution is -2.22. The van der Waals surface area contributed by atoms with Gasteiger partial charge in [0.1, 0.15) is 13.5 Å². The number of carbonyl (C=O) groups is 2. The van der Waals surface area contributed by atoms with E-state index in [1.807, 2.05) is 44.2 Å². The van der Waals surface area contributed by atoms with Crippen molar-refractivity contribution in [2.45, 2.75) is 25.7 Å². The van der Waals surface area contributed by atoms with Crippen LogP contribution in [0.25, 0.3) is 16.6 Å². The Labute approximate surface area is 158 Å². The maximum atomic E-state index is 12.7. The summed E-state index contributed by atoms with van der Waals surface area (Å²) in [5.41, 5.74) is 5.01. The smallest absolute Gasteiger partial charge is 0.270 e. The van der Waals surface area contributed by atoms with Gasteiger partial charge in [0.05, 0.1) is 11.2 Å². The van der Waals surface area contributed by atoms with Gasteiger partial charge in [-0.15, -0.1) is 0 Å². The van der Waals surface area contributed by atoms with Gasteiger partial charge in [-0.05, 0) is 48.6 Å². The van der Waals surface area contributed by atoms with Gasteiger partial charge < -0.3 is 10.6 Å². The zero-order valence-corrected chi connectivity index (χ0v) is 15.7. The molecule has 1 aromatic heterocycles. The van der Waals surface area contributed by atoms with Gasteiger partial charge in [-0.2, -0.15) is 5.10 Å². The van der Waals surface area contributed by atoms with Gasteiger partial charge in [-0.25, -0.2) is 4.68 Å². The maximum Gasteiger partial charge on any atom is 0.270 e. The number of amides is 2. The van der Waals surface area contributed by atoms with E-state index in [1.165, 1.54) is 6.92 Å². The van der Waals surface area contributed by atoms with E-state index in [1.54, 1.807) is 11.7 Å². The fourth-order valence-corrected chi connectivity index (χ4v) is 3.39. The molecule has 6 nitrogen and oxygen atoms in total. The van der Waals surface area contributed by atoms with Gasteiger partial charge in [0, 0.05) is 25.0 Å². The second-order valence-electron chi connectivity index (χ2n) is 7.09. The molecule has 0 atom stereocenters. The molecule has 1 saturated carbocycles. The van der Waals surface area contributed by atoms with Crippen molar-refractivity contribution in [2.24, 2.45) is 0 Å². The van der Waals surface area contributed by atoms with E-state index in [2.05, 4.69) is 15.7 Å². The normalized spacial score (nSPS) is 13.6. The molecule has 4 rings (SSSR count). The van der Waals surface area contributed by atoms with Crippen molar-refractivity contribution in [1.29, 1.82) is 0 Å². The third-order valence-corrected chi connectivity index (χ3v) is 4.89. The summed E-state index contributed by atoms with van der Waals surface area (Å²) in [6.45, 7) is 1.50. The van der Waals surface area contributed by atoms with Gasteiger partial charge in [0.15, 0.2) is 0 Å². The molecule has 0 saturated heterocycles. The molecule has 1 fully saturated rings. The van der Waals surface area contributed by atoms with Gasteiger partial charge in [0.25, 0.3) is 5.91 Å². The maximum absolute atomic E-state index is 12.7. The summed E-state index contributed by atoms with van der Waals surface area (Å²) in [4.78, 5) is 24.3. The topological polar surface area (TPSA) is 76.0 Å². The molecule has 136 valence electrons. The van der Waals surface area contributed by atoms with Crippen LogP contribution in [0, 0.1) is 0 Å². The van der Waals surface area contributed by atoms with Gasteiger partial charge >= 0.3 is 0 Å². The van der Waals surface area contributed by atoms with Crippen LogP contribution >= 0.6 is 0 Å². The van der Waals surface area contributed by atoms with Crippen LogP contribution in [0.15, 0.2) is 36.4 Å². The predicted molar refractivity (Wildman–Crippen MR) is 109 cm³/mol. The lowest BCUT2D eigenvalue weighted by Gasteiger charge is -2.10. The molecule has 2 aromatic carbocycles. The number of carbonyl (C=O) groups excluding carboxylic acids is 2. The number of anilines is 1. The first kappa shape index (κ1) is 17.3. The van der Waals surface area contributed by atoms with E-state index in [0.717, 1.165) is 40.6 Å². The van der Waals surface area contributed by atoms with E-state index in [0.29, 0.717) is 17.1 Å². The Bertz CT molecular complexity index is 1050. The molecule has 1 aliphatic rings. The molecule has 1 aliphatic carbocycles. The second kappa shape index (κ2) is 6.57. The van der Waals surface area contributed by atoms with E-state index < -0.39 is 0 Å². The number of aromatic nitrogens is 2. The SMILES string of the molecule is Bc1ccc(-n2nc3cc(NC(C)=O)c(C4CC4)cc3c2C(=O)NC)cc1. The monoisotopic (exact) mass is 360 g/mol. The fourth-order valence-electron chi connectivity index (χ4n) is 3.39. The fraction of sp³-hybridized carbons (Fsp3) is 0.250. The Balaban J connectivity index is 1.96. The van der Waals surface area contributed by atoms with Crippen molar-refractivity contribution in [3.63, 3.8) is 0 Å². The number of fused-ring (bicyclic) bond motifs is 1. The molecular formula is C20H21BN4O2. The summed E-state index contributed by atoms with van der Waals surface area (Å²) < 4.78 is 1.68. The molecule has 3 aromatic rings. The van der Waals surface area contributed by atoms with Crippen LogP contribution in [0.5, 0.6) is 0 Å². The van der Waals surface area contributed by atoms with Gasteiger partial charge in [-0.3, -0.25) is 9.59 Å². The third kappa shape index (κ3) is 3.21. The van der Waals surface area contributed by atoms with Crippen molar-refractivity contribution in [1.82, 2.24) is 15.1 Å². The van der Waals surface area contributed by atoms with Crippen molar-refractivity contribution in [3.05, 3.63) is 47.7 Å². The van der Waals surface area contributed by atoms with Crippen molar-refractivity contribution in [2.75, 3.05) is 12.4 Å². The zero-order valence-electron chi connectivity index (χ0n) is 15.7. The molecule has 1 heterocycles. The summed E-state index contributed by atoms with van der Waals surface area (Å²) >= 11 is 0. The average molecular weight is 360 g/mol. The number of hydrogen-bond donors (Lipinski definition) is 2. The van der Waals surface area contributed by atoms with Gasteiger partial charge in [0.2, 0.25) is 5.91 Å². The number of hydrogen-bond acceptors (Lipinski definition) is 3. The minimum absolute atomic E-state index is 0.110. The number of benzene rings is 2.